The Morgan fingerprint density at radius 3 is 2.52 bits per heavy atom. The molecule has 158 valence electrons. The largest absolute Gasteiger partial charge is 0.465 e. The third-order valence-corrected chi connectivity index (χ3v) is 7.32. The fourth-order valence-electron chi connectivity index (χ4n) is 3.91. The van der Waals surface area contributed by atoms with E-state index < -0.39 is 21.9 Å². The number of nitrogens with two attached hydrogens (primary N) is 1. The van der Waals surface area contributed by atoms with Crippen LogP contribution in [0.5, 0.6) is 0 Å². The summed E-state index contributed by atoms with van der Waals surface area (Å²) in [6, 6.07) is 15.2. The molecule has 0 saturated carbocycles. The predicted molar refractivity (Wildman–Crippen MR) is 114 cm³/mol. The molecule has 0 saturated heterocycles. The summed E-state index contributed by atoms with van der Waals surface area (Å²) in [6.07, 6.45) is 0. The van der Waals surface area contributed by atoms with Gasteiger partial charge in [0.05, 0.1) is 24.3 Å². The molecule has 0 aliphatic carbocycles. The highest BCUT2D eigenvalue weighted by molar-refractivity contribution is 7.97. The zero-order valence-electron chi connectivity index (χ0n) is 16.8. The molecule has 2 aliphatic rings. The van der Waals surface area contributed by atoms with Crippen LogP contribution in [0.15, 0.2) is 64.9 Å². The van der Waals surface area contributed by atoms with E-state index in [2.05, 4.69) is 0 Å². The molecule has 2 heterocycles. The fraction of sp³-hybridized carbons (Fsp3) is 0.182. The van der Waals surface area contributed by atoms with Gasteiger partial charge in [0.25, 0.3) is 10.0 Å². The summed E-state index contributed by atoms with van der Waals surface area (Å²) in [7, 11) is -2.76. The lowest BCUT2D eigenvalue weighted by molar-refractivity contribution is 0.0600. The number of ether oxygens (including phenoxy) is 2. The molecule has 8 nitrogen and oxygen atoms in total. The number of carbonyl (C=O) groups excluding carboxylic acids is 1. The van der Waals surface area contributed by atoms with Crippen molar-refractivity contribution in [1.29, 1.82) is 5.26 Å². The second-order valence-electron chi connectivity index (χ2n) is 6.92. The van der Waals surface area contributed by atoms with E-state index in [0.29, 0.717) is 22.4 Å². The zero-order chi connectivity index (χ0) is 22.3. The van der Waals surface area contributed by atoms with Gasteiger partial charge in [-0.15, -0.1) is 0 Å². The van der Waals surface area contributed by atoms with E-state index in [-0.39, 0.29) is 28.7 Å². The van der Waals surface area contributed by atoms with E-state index in [0.717, 1.165) is 0 Å². The molecular weight excluding hydrogens is 418 g/mol. The average Bonchev–Trinajstić information content (AvgIpc) is 2.78. The van der Waals surface area contributed by atoms with Crippen molar-refractivity contribution in [3.8, 4) is 6.07 Å². The van der Waals surface area contributed by atoms with Crippen molar-refractivity contribution in [3.63, 3.8) is 0 Å². The first-order valence-corrected chi connectivity index (χ1v) is 10.9. The average molecular weight is 437 g/mol. The molecule has 2 aromatic carbocycles. The van der Waals surface area contributed by atoms with Crippen LogP contribution in [-0.4, -0.2) is 28.0 Å². The SMILES string of the molecule is CCN1c2ccccc2C2=C([C@@H](c3ccc(C(=O)OC)cc3)C(C#N)=C(N)O2)S1(=O)=O. The Morgan fingerprint density at radius 2 is 1.90 bits per heavy atom. The summed E-state index contributed by atoms with van der Waals surface area (Å²) in [6.45, 7) is 1.93. The number of sulfonamides is 1. The van der Waals surface area contributed by atoms with Gasteiger partial charge in [-0.05, 0) is 36.8 Å². The molecule has 31 heavy (non-hydrogen) atoms. The maximum Gasteiger partial charge on any atom is 0.337 e. The smallest absolute Gasteiger partial charge is 0.337 e. The summed E-state index contributed by atoms with van der Waals surface area (Å²) in [4.78, 5) is 11.7. The van der Waals surface area contributed by atoms with Gasteiger partial charge in [0, 0.05) is 12.1 Å². The number of benzene rings is 2. The number of allylic oxidation sites excluding steroid dienone is 2. The lowest BCUT2D eigenvalue weighted by Gasteiger charge is -2.37. The first-order chi connectivity index (χ1) is 14.8. The third kappa shape index (κ3) is 3.04. The molecule has 0 aromatic heterocycles. The van der Waals surface area contributed by atoms with Gasteiger partial charge in [-0.2, -0.15) is 5.26 Å². The minimum Gasteiger partial charge on any atom is -0.465 e. The van der Waals surface area contributed by atoms with Crippen molar-refractivity contribution in [1.82, 2.24) is 0 Å². The van der Waals surface area contributed by atoms with Gasteiger partial charge in [-0.3, -0.25) is 4.31 Å². The molecule has 0 radical (unpaired) electrons. The predicted octanol–water partition coefficient (Wildman–Crippen LogP) is 2.82. The van der Waals surface area contributed by atoms with E-state index >= 15 is 0 Å². The Balaban J connectivity index is 1.99. The molecule has 2 N–H and O–H groups in total. The van der Waals surface area contributed by atoms with Crippen molar-refractivity contribution in [3.05, 3.63) is 81.6 Å². The number of rotatable bonds is 3. The van der Waals surface area contributed by atoms with E-state index in [1.54, 1.807) is 43.3 Å². The van der Waals surface area contributed by atoms with Crippen LogP contribution in [0, 0.1) is 11.3 Å². The maximum absolute atomic E-state index is 13.7. The summed E-state index contributed by atoms with van der Waals surface area (Å²) < 4.78 is 39.0. The monoisotopic (exact) mass is 437 g/mol. The number of nitrogens with zero attached hydrogens (tertiary/aromatic N) is 2. The number of carbonyl (C=O) groups is 1. The third-order valence-electron chi connectivity index (χ3n) is 5.31. The van der Waals surface area contributed by atoms with E-state index in [1.165, 1.54) is 23.5 Å². The van der Waals surface area contributed by atoms with Gasteiger partial charge < -0.3 is 15.2 Å². The Morgan fingerprint density at radius 1 is 1.23 bits per heavy atom. The highest BCUT2D eigenvalue weighted by Crippen LogP contribution is 2.50. The molecule has 0 amide bonds. The quantitative estimate of drug-likeness (QED) is 0.733. The van der Waals surface area contributed by atoms with Crippen LogP contribution in [0.25, 0.3) is 5.76 Å². The van der Waals surface area contributed by atoms with Gasteiger partial charge in [-0.25, -0.2) is 13.2 Å². The van der Waals surface area contributed by atoms with E-state index in [9.17, 15) is 18.5 Å². The van der Waals surface area contributed by atoms with Gasteiger partial charge in [-0.1, -0.05) is 24.3 Å². The molecular formula is C22H19N3O5S. The van der Waals surface area contributed by atoms with E-state index in [4.69, 9.17) is 15.2 Å². The van der Waals surface area contributed by atoms with Crippen molar-refractivity contribution >= 4 is 27.4 Å². The first kappa shape index (κ1) is 20.5. The van der Waals surface area contributed by atoms with Crippen LogP contribution >= 0.6 is 0 Å². The number of nitriles is 1. The van der Waals surface area contributed by atoms with Gasteiger partial charge >= 0.3 is 5.97 Å². The standard InChI is InChI=1S/C22H19N3O5S/c1-3-25-17-7-5-4-6-15(17)19-20(31(25,27)28)18(16(12-23)21(24)30-19)13-8-10-14(11-9-13)22(26)29-2/h4-11,18H,3,24H2,1-2H3/t18-/m0/s1. The van der Waals surface area contributed by atoms with Crippen LogP contribution in [0.1, 0.15) is 34.3 Å². The van der Waals surface area contributed by atoms with Crippen molar-refractivity contribution < 1.29 is 22.7 Å². The van der Waals surface area contributed by atoms with Crippen LogP contribution in [0.4, 0.5) is 5.69 Å². The normalized spacial score (nSPS) is 19.1. The molecule has 0 unspecified atom stereocenters. The Labute approximate surface area is 179 Å². The van der Waals surface area contributed by atoms with Crippen LogP contribution < -0.4 is 10.0 Å². The minimum absolute atomic E-state index is 0.0106. The van der Waals surface area contributed by atoms with Gasteiger partial charge in [0.2, 0.25) is 5.88 Å². The fourth-order valence-corrected chi connectivity index (χ4v) is 5.85. The second-order valence-corrected chi connectivity index (χ2v) is 8.75. The molecule has 2 aliphatic heterocycles. The summed E-state index contributed by atoms with van der Waals surface area (Å²) in [5.74, 6) is -1.55. The Kier molecular flexibility index (Phi) is 4.95. The molecule has 0 bridgehead atoms. The molecule has 0 spiro atoms. The summed E-state index contributed by atoms with van der Waals surface area (Å²) in [5.41, 5.74) is 7.89. The number of para-hydroxylation sites is 1. The van der Waals surface area contributed by atoms with Crippen molar-refractivity contribution in [2.24, 2.45) is 5.73 Å². The molecule has 9 heteroatoms. The maximum atomic E-state index is 13.7. The minimum atomic E-state index is -4.03. The van der Waals surface area contributed by atoms with Gasteiger partial charge in [0.1, 0.15) is 16.5 Å². The summed E-state index contributed by atoms with van der Waals surface area (Å²) in [5, 5.41) is 9.78. The van der Waals surface area contributed by atoms with Crippen LogP contribution in [-0.2, 0) is 19.5 Å². The Bertz CT molecular complexity index is 1290. The lowest BCUT2D eigenvalue weighted by atomic mass is 9.88. The first-order valence-electron chi connectivity index (χ1n) is 9.47. The molecule has 1 atom stereocenters. The second kappa shape index (κ2) is 7.49. The number of anilines is 1. The van der Waals surface area contributed by atoms with Crippen molar-refractivity contribution in [2.75, 3.05) is 18.0 Å². The summed E-state index contributed by atoms with van der Waals surface area (Å²) >= 11 is 0. The molecule has 2 aromatic rings. The van der Waals surface area contributed by atoms with Gasteiger partial charge in [0.15, 0.2) is 5.76 Å². The number of esters is 1. The number of hydrogen-bond donors (Lipinski definition) is 1. The highest BCUT2D eigenvalue weighted by Gasteiger charge is 2.46. The topological polar surface area (TPSA) is 123 Å². The number of methoxy groups -OCH3 is 1. The molecule has 4 rings (SSSR count). The Hall–Kier alpha value is -3.77. The lowest BCUT2D eigenvalue weighted by Crippen LogP contribution is -2.39. The number of hydrogen-bond acceptors (Lipinski definition) is 7. The van der Waals surface area contributed by atoms with Crippen LogP contribution in [0.2, 0.25) is 0 Å². The van der Waals surface area contributed by atoms with Crippen LogP contribution in [0.3, 0.4) is 0 Å². The zero-order valence-corrected chi connectivity index (χ0v) is 17.6. The van der Waals surface area contributed by atoms with Crippen molar-refractivity contribution in [2.45, 2.75) is 12.8 Å². The van der Waals surface area contributed by atoms with E-state index in [1.807, 2.05) is 6.07 Å². The highest BCUT2D eigenvalue weighted by atomic mass is 32.2. The number of fused-ring (bicyclic) bond motifs is 2. The molecule has 0 fully saturated rings.